The summed E-state index contributed by atoms with van der Waals surface area (Å²) in [6, 6.07) is 21.1. The molecule has 37 heavy (non-hydrogen) atoms. The van der Waals surface area contributed by atoms with Crippen LogP contribution in [-0.2, 0) is 32.6 Å². The number of hydrogen-bond acceptors (Lipinski definition) is 4. The SMILES string of the molecule is CNC(=O)[C@H](Cc1ccccc1)N(Cc1cccc(Br)c1)C(=O)CN(c1ccc(Br)c(C)c1)S(C)(=O)=O. The molecule has 196 valence electrons. The Bertz CT molecular complexity index is 1370. The Hall–Kier alpha value is -2.69. The number of rotatable bonds is 10. The van der Waals surface area contributed by atoms with Gasteiger partial charge in [0, 0.05) is 29.0 Å². The molecule has 0 aliphatic rings. The van der Waals surface area contributed by atoms with E-state index in [9.17, 15) is 18.0 Å². The van der Waals surface area contributed by atoms with E-state index in [1.807, 2.05) is 61.5 Å². The molecule has 1 atom stereocenters. The van der Waals surface area contributed by atoms with Crippen LogP contribution in [0.15, 0.2) is 81.7 Å². The van der Waals surface area contributed by atoms with E-state index in [0.717, 1.165) is 36.2 Å². The largest absolute Gasteiger partial charge is 0.357 e. The summed E-state index contributed by atoms with van der Waals surface area (Å²) in [5.74, 6) is -0.826. The van der Waals surface area contributed by atoms with Crippen LogP contribution < -0.4 is 9.62 Å². The van der Waals surface area contributed by atoms with Crippen molar-refractivity contribution in [2.24, 2.45) is 0 Å². The number of aryl methyl sites for hydroxylation is 1. The first-order chi connectivity index (χ1) is 17.5. The van der Waals surface area contributed by atoms with Gasteiger partial charge in [-0.25, -0.2) is 8.42 Å². The number of sulfonamides is 1. The third kappa shape index (κ3) is 7.90. The molecule has 7 nitrogen and oxygen atoms in total. The highest BCUT2D eigenvalue weighted by Gasteiger charge is 2.32. The molecule has 3 aromatic rings. The molecule has 0 fully saturated rings. The Kier molecular flexibility index (Phi) is 9.92. The maximum Gasteiger partial charge on any atom is 0.244 e. The predicted octanol–water partition coefficient (Wildman–Crippen LogP) is 4.67. The molecule has 0 aliphatic carbocycles. The molecule has 0 unspecified atom stereocenters. The minimum absolute atomic E-state index is 0.125. The summed E-state index contributed by atoms with van der Waals surface area (Å²) in [6.45, 7) is 1.52. The number of carbonyl (C=O) groups excluding carboxylic acids is 2. The molecule has 0 aromatic heterocycles. The maximum atomic E-state index is 13.9. The zero-order chi connectivity index (χ0) is 27.2. The third-order valence-corrected chi connectivity index (χ3v) is 8.39. The van der Waals surface area contributed by atoms with Crippen LogP contribution in [0.1, 0.15) is 16.7 Å². The van der Waals surface area contributed by atoms with Crippen LogP contribution in [0.5, 0.6) is 0 Å². The summed E-state index contributed by atoms with van der Waals surface area (Å²) in [6.07, 6.45) is 1.34. The van der Waals surface area contributed by atoms with E-state index >= 15 is 0 Å². The average molecular weight is 651 g/mol. The second kappa shape index (κ2) is 12.7. The summed E-state index contributed by atoms with van der Waals surface area (Å²) in [5.41, 5.74) is 2.89. The van der Waals surface area contributed by atoms with E-state index in [2.05, 4.69) is 37.2 Å². The smallest absolute Gasteiger partial charge is 0.244 e. The summed E-state index contributed by atoms with van der Waals surface area (Å²) < 4.78 is 28.3. The molecule has 0 aliphatic heterocycles. The van der Waals surface area contributed by atoms with Crippen molar-refractivity contribution in [1.82, 2.24) is 10.2 Å². The Morgan fingerprint density at radius 2 is 1.62 bits per heavy atom. The normalized spacial score (nSPS) is 12.0. The van der Waals surface area contributed by atoms with Crippen LogP contribution >= 0.6 is 31.9 Å². The lowest BCUT2D eigenvalue weighted by molar-refractivity contribution is -0.139. The molecular weight excluding hydrogens is 622 g/mol. The lowest BCUT2D eigenvalue weighted by atomic mass is 10.0. The first-order valence-corrected chi connectivity index (χ1v) is 15.0. The second-order valence-corrected chi connectivity index (χ2v) is 12.4. The first kappa shape index (κ1) is 28.9. The Labute approximate surface area is 235 Å². The van der Waals surface area contributed by atoms with E-state index in [-0.39, 0.29) is 18.9 Å². The highest BCUT2D eigenvalue weighted by atomic mass is 79.9. The number of nitrogens with one attached hydrogen (secondary N) is 1. The molecular formula is C27H29Br2N3O4S. The lowest BCUT2D eigenvalue weighted by Crippen LogP contribution is -2.52. The van der Waals surface area contributed by atoms with Crippen molar-refractivity contribution in [2.75, 3.05) is 24.2 Å². The molecule has 0 heterocycles. The summed E-state index contributed by atoms with van der Waals surface area (Å²) in [5, 5.41) is 2.67. The average Bonchev–Trinajstić information content (AvgIpc) is 2.86. The Morgan fingerprint density at radius 1 is 0.946 bits per heavy atom. The van der Waals surface area contributed by atoms with Gasteiger partial charge in [0.25, 0.3) is 0 Å². The van der Waals surface area contributed by atoms with Crippen molar-refractivity contribution >= 4 is 59.4 Å². The molecule has 3 rings (SSSR count). The van der Waals surface area contributed by atoms with Gasteiger partial charge in [-0.05, 0) is 53.9 Å². The first-order valence-electron chi connectivity index (χ1n) is 11.5. The predicted molar refractivity (Wildman–Crippen MR) is 154 cm³/mol. The van der Waals surface area contributed by atoms with Crippen molar-refractivity contribution in [3.8, 4) is 0 Å². The Balaban J connectivity index is 2.04. The van der Waals surface area contributed by atoms with Crippen LogP contribution in [0.3, 0.4) is 0 Å². The zero-order valence-electron chi connectivity index (χ0n) is 20.8. The van der Waals surface area contributed by atoms with Gasteiger partial charge in [-0.2, -0.15) is 0 Å². The molecule has 0 saturated heterocycles. The van der Waals surface area contributed by atoms with E-state index in [1.54, 1.807) is 18.2 Å². The van der Waals surface area contributed by atoms with Crippen LogP contribution in [-0.4, -0.2) is 51.0 Å². The molecule has 3 aromatic carbocycles. The van der Waals surface area contributed by atoms with Crippen LogP contribution in [0.4, 0.5) is 5.69 Å². The van der Waals surface area contributed by atoms with Crippen LogP contribution in [0, 0.1) is 6.92 Å². The molecule has 1 N–H and O–H groups in total. The van der Waals surface area contributed by atoms with Gasteiger partial charge in [0.1, 0.15) is 12.6 Å². The number of benzene rings is 3. The third-order valence-electron chi connectivity index (χ3n) is 5.87. The van der Waals surface area contributed by atoms with Gasteiger partial charge in [0.2, 0.25) is 21.8 Å². The van der Waals surface area contributed by atoms with Crippen molar-refractivity contribution in [3.05, 3.63) is 98.4 Å². The minimum atomic E-state index is -3.80. The number of nitrogens with zero attached hydrogens (tertiary/aromatic N) is 2. The van der Waals surface area contributed by atoms with Gasteiger partial charge in [0.15, 0.2) is 0 Å². The Morgan fingerprint density at radius 3 is 2.22 bits per heavy atom. The van der Waals surface area contributed by atoms with Crippen molar-refractivity contribution in [1.29, 1.82) is 0 Å². The van der Waals surface area contributed by atoms with Crippen molar-refractivity contribution in [3.63, 3.8) is 0 Å². The molecule has 0 saturated carbocycles. The van der Waals surface area contributed by atoms with E-state index < -0.39 is 28.5 Å². The van der Waals surface area contributed by atoms with Gasteiger partial charge < -0.3 is 10.2 Å². The zero-order valence-corrected chi connectivity index (χ0v) is 24.8. The van der Waals surface area contributed by atoms with E-state index in [1.165, 1.54) is 11.9 Å². The van der Waals surface area contributed by atoms with Crippen molar-refractivity contribution < 1.29 is 18.0 Å². The number of hydrogen-bond donors (Lipinski definition) is 1. The van der Waals surface area contributed by atoms with Crippen molar-refractivity contribution in [2.45, 2.75) is 25.9 Å². The quantitative estimate of drug-likeness (QED) is 0.346. The number of carbonyl (C=O) groups is 2. The number of likely N-dealkylation sites (N-methyl/N-ethyl adjacent to an activating group) is 1. The van der Waals surface area contributed by atoms with E-state index in [0.29, 0.717) is 5.69 Å². The van der Waals surface area contributed by atoms with E-state index in [4.69, 9.17) is 0 Å². The number of amides is 2. The lowest BCUT2D eigenvalue weighted by Gasteiger charge is -2.33. The van der Waals surface area contributed by atoms with Crippen LogP contribution in [0.25, 0.3) is 0 Å². The molecule has 0 bridgehead atoms. The fourth-order valence-electron chi connectivity index (χ4n) is 3.95. The fraction of sp³-hybridized carbons (Fsp3) is 0.259. The van der Waals surface area contributed by atoms with Gasteiger partial charge >= 0.3 is 0 Å². The van der Waals surface area contributed by atoms with Gasteiger partial charge in [-0.15, -0.1) is 0 Å². The number of anilines is 1. The minimum Gasteiger partial charge on any atom is -0.357 e. The topological polar surface area (TPSA) is 86.8 Å². The molecule has 0 spiro atoms. The van der Waals surface area contributed by atoms with Gasteiger partial charge in [0.05, 0.1) is 11.9 Å². The van der Waals surface area contributed by atoms with Gasteiger partial charge in [-0.3, -0.25) is 13.9 Å². The fourth-order valence-corrected chi connectivity index (χ4v) is 5.49. The standard InChI is InChI=1S/C27H29Br2N3O4S/c1-19-14-23(12-13-24(19)29)32(37(3,35)36)18-26(33)31(17-21-10-7-11-22(28)15-21)25(27(34)30-2)16-20-8-5-4-6-9-20/h4-15,25H,16-18H2,1-3H3,(H,30,34)/t25-/m0/s1. The second-order valence-electron chi connectivity index (χ2n) is 8.67. The summed E-state index contributed by atoms with van der Waals surface area (Å²) >= 11 is 6.89. The molecule has 10 heteroatoms. The molecule has 2 amide bonds. The maximum absolute atomic E-state index is 13.9. The number of halogens is 2. The van der Waals surface area contributed by atoms with Crippen LogP contribution in [0.2, 0.25) is 0 Å². The van der Waals surface area contributed by atoms with Gasteiger partial charge in [-0.1, -0.05) is 74.3 Å². The highest BCUT2D eigenvalue weighted by Crippen LogP contribution is 2.25. The summed E-state index contributed by atoms with van der Waals surface area (Å²) in [7, 11) is -2.28. The molecule has 0 radical (unpaired) electrons. The highest BCUT2D eigenvalue weighted by molar-refractivity contribution is 9.10. The monoisotopic (exact) mass is 649 g/mol. The summed E-state index contributed by atoms with van der Waals surface area (Å²) in [4.78, 5) is 28.4.